The molecule has 1 fully saturated rings. The van der Waals surface area contributed by atoms with Crippen LogP contribution in [0, 0.1) is 11.3 Å². The number of aromatic nitrogens is 3. The third-order valence-corrected chi connectivity index (χ3v) is 6.43. The molecule has 0 radical (unpaired) electrons. The molecule has 158 valence electrons. The topological polar surface area (TPSA) is 42.7 Å². The van der Waals surface area contributed by atoms with E-state index in [1.165, 1.54) is 18.4 Å². The summed E-state index contributed by atoms with van der Waals surface area (Å²) in [6.07, 6.45) is 7.50. The molecule has 0 saturated heterocycles. The quantitative estimate of drug-likeness (QED) is 0.406. The molecular weight excluding hydrogens is 380 g/mol. The van der Waals surface area contributed by atoms with Gasteiger partial charge in [0.25, 0.3) is 0 Å². The van der Waals surface area contributed by atoms with E-state index in [0.29, 0.717) is 17.4 Å². The van der Waals surface area contributed by atoms with Gasteiger partial charge in [-0.2, -0.15) is 0 Å². The van der Waals surface area contributed by atoms with Crippen LogP contribution < -0.4 is 5.32 Å². The average molecular weight is 411 g/mol. The molecular formula is C27H30N4. The van der Waals surface area contributed by atoms with Crippen molar-refractivity contribution in [2.45, 2.75) is 46.1 Å². The van der Waals surface area contributed by atoms with Crippen molar-refractivity contribution in [2.75, 3.05) is 5.32 Å². The fourth-order valence-electron chi connectivity index (χ4n) is 5.44. The maximum absolute atomic E-state index is 4.73. The van der Waals surface area contributed by atoms with E-state index in [0.717, 1.165) is 34.5 Å². The Morgan fingerprint density at radius 1 is 0.935 bits per heavy atom. The highest BCUT2D eigenvalue weighted by Gasteiger charge is 2.32. The second-order valence-electron chi connectivity index (χ2n) is 9.79. The van der Waals surface area contributed by atoms with Crippen LogP contribution in [-0.2, 0) is 0 Å². The van der Waals surface area contributed by atoms with Crippen molar-refractivity contribution in [1.82, 2.24) is 14.5 Å². The van der Waals surface area contributed by atoms with Crippen LogP contribution in [-0.4, -0.2) is 20.6 Å². The van der Waals surface area contributed by atoms with Crippen LogP contribution in [0.15, 0.2) is 73.2 Å². The van der Waals surface area contributed by atoms with Crippen LogP contribution in [0.25, 0.3) is 27.8 Å². The van der Waals surface area contributed by atoms with E-state index >= 15 is 0 Å². The molecule has 1 saturated carbocycles. The molecule has 0 unspecified atom stereocenters. The second-order valence-corrected chi connectivity index (χ2v) is 9.79. The van der Waals surface area contributed by atoms with Crippen LogP contribution in [0.1, 0.15) is 40.0 Å². The lowest BCUT2D eigenvalue weighted by atomic mass is 9.70. The molecule has 4 nitrogen and oxygen atoms in total. The lowest BCUT2D eigenvalue weighted by Crippen LogP contribution is -2.35. The number of fused-ring (bicyclic) bond motifs is 1. The monoisotopic (exact) mass is 410 g/mol. The largest absolute Gasteiger partial charge is 0.367 e. The first-order chi connectivity index (χ1) is 15.0. The van der Waals surface area contributed by atoms with E-state index in [2.05, 4.69) is 91.4 Å². The number of benzene rings is 2. The third-order valence-electron chi connectivity index (χ3n) is 6.43. The van der Waals surface area contributed by atoms with Crippen LogP contribution in [0.2, 0.25) is 0 Å². The lowest BCUT2D eigenvalue weighted by molar-refractivity contribution is 0.178. The molecule has 4 heteroatoms. The molecule has 0 amide bonds. The minimum absolute atomic E-state index is 0.347. The molecule has 0 spiro atoms. The molecule has 2 aromatic carbocycles. The van der Waals surface area contributed by atoms with Gasteiger partial charge >= 0.3 is 0 Å². The van der Waals surface area contributed by atoms with Crippen LogP contribution in [0.5, 0.6) is 0 Å². The summed E-state index contributed by atoms with van der Waals surface area (Å²) in [5, 5.41) is 4.91. The van der Waals surface area contributed by atoms with Gasteiger partial charge in [-0.25, -0.2) is 9.97 Å². The molecule has 0 aliphatic heterocycles. The van der Waals surface area contributed by atoms with Crippen molar-refractivity contribution >= 4 is 16.9 Å². The van der Waals surface area contributed by atoms with Gasteiger partial charge in [-0.05, 0) is 48.3 Å². The summed E-state index contributed by atoms with van der Waals surface area (Å²) in [6, 6.07) is 21.4. The fraction of sp³-hybridized carbons (Fsp3) is 0.333. The van der Waals surface area contributed by atoms with Crippen molar-refractivity contribution in [1.29, 1.82) is 0 Å². The number of anilines is 1. The number of para-hydroxylation sites is 1. The Balaban J connectivity index is 1.65. The molecule has 2 aromatic heterocycles. The van der Waals surface area contributed by atoms with E-state index < -0.39 is 0 Å². The van der Waals surface area contributed by atoms with Crippen molar-refractivity contribution in [3.8, 4) is 16.8 Å². The minimum Gasteiger partial charge on any atom is -0.367 e. The van der Waals surface area contributed by atoms with Crippen molar-refractivity contribution in [3.05, 3.63) is 73.2 Å². The van der Waals surface area contributed by atoms with E-state index in [4.69, 9.17) is 9.97 Å². The zero-order valence-electron chi connectivity index (χ0n) is 18.5. The Hall–Kier alpha value is -3.14. The van der Waals surface area contributed by atoms with Gasteiger partial charge in [-0.1, -0.05) is 69.3 Å². The molecule has 1 aliphatic carbocycles. The molecule has 1 N–H and O–H groups in total. The van der Waals surface area contributed by atoms with Crippen molar-refractivity contribution in [3.63, 3.8) is 0 Å². The number of rotatable bonds is 4. The van der Waals surface area contributed by atoms with Gasteiger partial charge in [-0.3, -0.25) is 0 Å². The van der Waals surface area contributed by atoms with Gasteiger partial charge in [0, 0.05) is 23.5 Å². The van der Waals surface area contributed by atoms with Crippen LogP contribution in [0.4, 0.5) is 5.82 Å². The number of nitrogens with zero attached hydrogens (tertiary/aromatic N) is 3. The van der Waals surface area contributed by atoms with E-state index in [1.807, 2.05) is 6.07 Å². The van der Waals surface area contributed by atoms with Gasteiger partial charge in [-0.15, -0.1) is 0 Å². The average Bonchev–Trinajstić information content (AvgIpc) is 3.14. The Morgan fingerprint density at radius 2 is 1.65 bits per heavy atom. The van der Waals surface area contributed by atoms with Crippen molar-refractivity contribution in [2.24, 2.45) is 11.3 Å². The highest BCUT2D eigenvalue weighted by Crippen LogP contribution is 2.41. The van der Waals surface area contributed by atoms with Crippen LogP contribution in [0.3, 0.4) is 0 Å². The Bertz CT molecular complexity index is 1180. The van der Waals surface area contributed by atoms with E-state index in [9.17, 15) is 0 Å². The van der Waals surface area contributed by atoms with Gasteiger partial charge in [0.1, 0.15) is 12.1 Å². The summed E-state index contributed by atoms with van der Waals surface area (Å²) >= 11 is 0. The normalized spacial score (nSPS) is 20.6. The molecule has 5 rings (SSSR count). The van der Waals surface area contributed by atoms with Gasteiger partial charge in [0.15, 0.2) is 5.65 Å². The summed E-state index contributed by atoms with van der Waals surface area (Å²) in [5.41, 5.74) is 4.72. The van der Waals surface area contributed by atoms with Gasteiger partial charge in [0.05, 0.1) is 5.39 Å². The zero-order chi connectivity index (χ0) is 21.4. The molecule has 1 aliphatic rings. The summed E-state index contributed by atoms with van der Waals surface area (Å²) < 4.78 is 2.18. The lowest BCUT2D eigenvalue weighted by Gasteiger charge is -2.39. The molecule has 2 heterocycles. The third kappa shape index (κ3) is 3.95. The van der Waals surface area contributed by atoms with E-state index in [-0.39, 0.29) is 0 Å². The Labute approximate surface area is 184 Å². The second kappa shape index (κ2) is 7.84. The first kappa shape index (κ1) is 19.8. The zero-order valence-corrected chi connectivity index (χ0v) is 18.5. The first-order valence-corrected chi connectivity index (χ1v) is 11.2. The Morgan fingerprint density at radius 3 is 2.35 bits per heavy atom. The number of hydrogen-bond donors (Lipinski definition) is 1. The predicted molar refractivity (Wildman–Crippen MR) is 129 cm³/mol. The highest BCUT2D eigenvalue weighted by atomic mass is 15.1. The SMILES string of the molecule is C[C@@H]1C[C@H](Nc2ncnc3c2c(-c2ccccc2)cn3-c2ccccc2)CC(C)(C)C1. The summed E-state index contributed by atoms with van der Waals surface area (Å²) in [4.78, 5) is 9.44. The molecule has 2 atom stereocenters. The van der Waals surface area contributed by atoms with Crippen molar-refractivity contribution < 1.29 is 0 Å². The first-order valence-electron chi connectivity index (χ1n) is 11.2. The molecule has 4 aromatic rings. The maximum atomic E-state index is 4.73. The number of hydrogen-bond acceptors (Lipinski definition) is 3. The van der Waals surface area contributed by atoms with E-state index in [1.54, 1.807) is 6.33 Å². The predicted octanol–water partition coefficient (Wildman–Crippen LogP) is 6.71. The summed E-state index contributed by atoms with van der Waals surface area (Å²) in [5.74, 6) is 1.65. The number of nitrogens with one attached hydrogen (secondary N) is 1. The Kier molecular flexibility index (Phi) is 5.01. The van der Waals surface area contributed by atoms with Gasteiger partial charge in [0.2, 0.25) is 0 Å². The standard InChI is InChI=1S/C27H30N4/c1-19-14-21(16-27(2,3)15-19)30-25-24-23(20-10-6-4-7-11-20)17-31(26(24)29-18-28-25)22-12-8-5-9-13-22/h4-13,17-19,21H,14-16H2,1-3H3,(H,28,29,30)/t19-,21+/m1/s1. The van der Waals surface area contributed by atoms with Gasteiger partial charge < -0.3 is 9.88 Å². The molecule has 31 heavy (non-hydrogen) atoms. The molecule has 0 bridgehead atoms. The fourth-order valence-corrected chi connectivity index (χ4v) is 5.44. The summed E-state index contributed by atoms with van der Waals surface area (Å²) in [6.45, 7) is 7.13. The summed E-state index contributed by atoms with van der Waals surface area (Å²) in [7, 11) is 0. The maximum Gasteiger partial charge on any atom is 0.150 e. The smallest absolute Gasteiger partial charge is 0.150 e. The minimum atomic E-state index is 0.347. The van der Waals surface area contributed by atoms with Crippen LogP contribution >= 0.6 is 0 Å². The highest BCUT2D eigenvalue weighted by molar-refractivity contribution is 6.02.